The topological polar surface area (TPSA) is 282 Å². The van der Waals surface area contributed by atoms with Gasteiger partial charge in [-0.2, -0.15) is 0 Å². The zero-order valence-electron chi connectivity index (χ0n) is 36.1. The van der Waals surface area contributed by atoms with E-state index in [-0.39, 0.29) is 52.1 Å². The molecule has 0 unspecified atom stereocenters. The second-order valence-electron chi connectivity index (χ2n) is 17.5. The lowest BCUT2D eigenvalue weighted by Gasteiger charge is -2.51. The number of pyridine rings is 2. The minimum absolute atomic E-state index is 0.00467. The first kappa shape index (κ1) is 43.8. The van der Waals surface area contributed by atoms with Crippen molar-refractivity contribution in [3.05, 3.63) is 115 Å². The zero-order chi connectivity index (χ0) is 47.6. The summed E-state index contributed by atoms with van der Waals surface area (Å²) in [6.07, 6.45) is -10.2. The number of esters is 1. The average Bonchev–Trinajstić information content (AvgIpc) is 3.67. The van der Waals surface area contributed by atoms with Gasteiger partial charge in [0.15, 0.2) is 23.4 Å². The number of benzene rings is 3. The van der Waals surface area contributed by atoms with Crippen LogP contribution in [-0.4, -0.2) is 118 Å². The van der Waals surface area contributed by atoms with Crippen molar-refractivity contribution in [3.8, 4) is 28.6 Å². The quantitative estimate of drug-likeness (QED) is 0.0943. The van der Waals surface area contributed by atoms with Crippen molar-refractivity contribution in [3.63, 3.8) is 0 Å². The number of aromatic nitrogens is 2. The molecule has 1 fully saturated rings. The van der Waals surface area contributed by atoms with E-state index >= 15 is 0 Å². The van der Waals surface area contributed by atoms with Crippen LogP contribution in [0, 0.1) is 0 Å². The Balaban J connectivity index is 1.07. The average molecular weight is 918 g/mol. The van der Waals surface area contributed by atoms with Crippen LogP contribution in [0.4, 0.5) is 4.79 Å². The lowest BCUT2D eigenvalue weighted by atomic mass is 9.72. The number of cyclic esters (lactones) is 1. The molecule has 5 heterocycles. The highest BCUT2D eigenvalue weighted by Gasteiger charge is 2.59. The lowest BCUT2D eigenvalue weighted by Crippen LogP contribution is -2.66. The van der Waals surface area contributed by atoms with Crippen molar-refractivity contribution in [1.82, 2.24) is 14.5 Å². The highest BCUT2D eigenvalue weighted by Crippen LogP contribution is 2.53. The van der Waals surface area contributed by atoms with Crippen LogP contribution in [0.1, 0.15) is 98.9 Å². The van der Waals surface area contributed by atoms with E-state index in [9.17, 15) is 59.4 Å². The summed E-state index contributed by atoms with van der Waals surface area (Å²) in [5, 5.41) is 69.5. The Labute approximate surface area is 379 Å². The highest BCUT2D eigenvalue weighted by molar-refractivity contribution is 6.31. The molecule has 0 bridgehead atoms. The van der Waals surface area contributed by atoms with Crippen LogP contribution in [0.15, 0.2) is 59.4 Å². The summed E-state index contributed by atoms with van der Waals surface area (Å²) >= 11 is 0. The molecule has 346 valence electrons. The number of carboxylic acid groups (broad SMARTS) is 1. The van der Waals surface area contributed by atoms with Crippen LogP contribution in [0.2, 0.25) is 0 Å². The Bertz CT molecular complexity index is 3110. The molecule has 1 amide bonds. The third-order valence-electron chi connectivity index (χ3n) is 14.1. The van der Waals surface area contributed by atoms with Gasteiger partial charge in [0.25, 0.3) is 5.56 Å². The van der Waals surface area contributed by atoms with E-state index in [1.807, 2.05) is 30.3 Å². The fourth-order valence-electron chi connectivity index (χ4n) is 10.9. The van der Waals surface area contributed by atoms with Crippen LogP contribution in [0.3, 0.4) is 0 Å². The first-order valence-corrected chi connectivity index (χ1v) is 21.6. The van der Waals surface area contributed by atoms with Crippen molar-refractivity contribution in [2.24, 2.45) is 0 Å². The number of aliphatic hydroxyl groups excluding tert-OH is 2. The Morgan fingerprint density at radius 1 is 0.985 bits per heavy atom. The van der Waals surface area contributed by atoms with Crippen LogP contribution in [-0.2, 0) is 48.9 Å². The molecule has 6 N–H and O–H groups in total. The maximum Gasteiger partial charge on any atom is 0.408 e. The highest BCUT2D eigenvalue weighted by atomic mass is 16.7. The second-order valence-corrected chi connectivity index (χ2v) is 17.5. The molecule has 0 spiro atoms. The first-order chi connectivity index (χ1) is 32.0. The number of Topliss-reactive ketones (excluding diaryl/α,β-unsaturated/α-hetero) is 1. The molecule has 2 aliphatic carbocycles. The number of carbonyl (C=O) groups excluding carboxylic acids is 4. The maximum atomic E-state index is 14.4. The number of phenolic OH excluding ortho intramolecular Hbond substituents is 2. The van der Waals surface area contributed by atoms with Crippen molar-refractivity contribution in [2.45, 2.75) is 94.5 Å². The smallest absolute Gasteiger partial charge is 0.408 e. The van der Waals surface area contributed by atoms with Crippen molar-refractivity contribution in [2.75, 3.05) is 13.7 Å². The molecule has 2 aromatic heterocycles. The molecule has 5 aliphatic rings. The number of hydrogen-bond acceptors (Lipinski definition) is 16. The van der Waals surface area contributed by atoms with E-state index in [4.69, 9.17) is 23.9 Å². The van der Waals surface area contributed by atoms with Crippen LogP contribution < -0.4 is 10.3 Å². The third-order valence-corrected chi connectivity index (χ3v) is 14.1. The molecule has 67 heavy (non-hydrogen) atoms. The van der Waals surface area contributed by atoms with Gasteiger partial charge in [-0.15, -0.1) is 0 Å². The van der Waals surface area contributed by atoms with E-state index in [0.29, 0.717) is 16.9 Å². The second kappa shape index (κ2) is 15.5. The fourth-order valence-corrected chi connectivity index (χ4v) is 10.9. The summed E-state index contributed by atoms with van der Waals surface area (Å²) in [4.78, 5) is 89.5. The number of hydrogen-bond donors (Lipinski definition) is 6. The van der Waals surface area contributed by atoms with Gasteiger partial charge in [0.1, 0.15) is 42.2 Å². The molecule has 3 aromatic carbocycles. The van der Waals surface area contributed by atoms with E-state index in [1.165, 1.54) is 43.7 Å². The molecule has 0 radical (unpaired) electrons. The molecule has 7 atom stereocenters. The number of amides is 1. The monoisotopic (exact) mass is 917 g/mol. The van der Waals surface area contributed by atoms with E-state index in [2.05, 4.69) is 0 Å². The van der Waals surface area contributed by atoms with Crippen molar-refractivity contribution in [1.29, 1.82) is 0 Å². The predicted octanol–water partition coefficient (Wildman–Crippen LogP) is 3.12. The normalized spacial score (nSPS) is 25.8. The van der Waals surface area contributed by atoms with Gasteiger partial charge in [-0.3, -0.25) is 24.1 Å². The number of aromatic hydroxyl groups is 2. The van der Waals surface area contributed by atoms with Gasteiger partial charge in [-0.05, 0) is 37.6 Å². The number of ketones is 3. The maximum absolute atomic E-state index is 14.4. The number of para-hydroxylation sites is 1. The third kappa shape index (κ3) is 6.18. The van der Waals surface area contributed by atoms with Crippen LogP contribution >= 0.6 is 0 Å². The van der Waals surface area contributed by atoms with E-state index < -0.39 is 132 Å². The van der Waals surface area contributed by atoms with Gasteiger partial charge in [-0.25, -0.2) is 14.6 Å². The molecule has 3 aliphatic heterocycles. The number of nitrogens with zero attached hydrogens (tertiary/aromatic N) is 3. The minimum atomic E-state index is -2.49. The molecular formula is C48H43N3O16. The van der Waals surface area contributed by atoms with Gasteiger partial charge in [-0.1, -0.05) is 37.3 Å². The van der Waals surface area contributed by atoms with E-state index in [1.54, 1.807) is 6.07 Å². The Kier molecular flexibility index (Phi) is 10.2. The van der Waals surface area contributed by atoms with E-state index in [0.717, 1.165) is 15.8 Å². The number of carbonyl (C=O) groups is 5. The van der Waals surface area contributed by atoms with Gasteiger partial charge in [0, 0.05) is 52.5 Å². The molecule has 19 heteroatoms. The number of fused-ring (bicyclic) bond motifs is 8. The molecule has 10 rings (SSSR count). The van der Waals surface area contributed by atoms with Crippen LogP contribution in [0.5, 0.6) is 17.2 Å². The fraction of sp³-hybridized carbons (Fsp3) is 0.354. The molecular weight excluding hydrogens is 875 g/mol. The first-order valence-electron chi connectivity index (χ1n) is 21.6. The number of rotatable bonds is 8. The van der Waals surface area contributed by atoms with Crippen molar-refractivity contribution >= 4 is 40.3 Å². The van der Waals surface area contributed by atoms with Gasteiger partial charge in [0.05, 0.1) is 71.1 Å². The van der Waals surface area contributed by atoms with Crippen LogP contribution in [0.25, 0.3) is 22.3 Å². The minimum Gasteiger partial charge on any atom is -0.507 e. The molecule has 19 nitrogen and oxygen atoms in total. The lowest BCUT2D eigenvalue weighted by molar-refractivity contribution is -0.261. The van der Waals surface area contributed by atoms with Gasteiger partial charge in [0.2, 0.25) is 5.78 Å². The molecule has 5 aromatic rings. The number of phenols is 2. The Morgan fingerprint density at radius 3 is 2.45 bits per heavy atom. The van der Waals surface area contributed by atoms with Gasteiger partial charge < -0.3 is 54.2 Å². The SMILES string of the molecule is CC[C@@]1(N(C(=O)O)[C@H]2C[C@H](O[C@H]3C[C@](O)(C(=O)CO)Cc4c(O)c5c(c(O)c43)C(=O)c3c(OC)cccc3C5=O)O[C@@H](C)[C@H]2O)C(=O)OCc2c1cc1n(c2=O)Cc2cc3ccccc3nc2-1. The number of methoxy groups -OCH3 is 1. The standard InChI is InChI=1S/C48H43N3O16/c1-4-48(26-13-28-38-22(12-21-8-5-6-10-27(21)49-38)17-50(28)44(59)25(26)19-65-45(48)60)51(46(61)62)29-14-33(66-20(2)39(29)54)67-31-16-47(63,32(53)18-52)15-24-35(31)43(58)37-36(41(24)56)40(55)23-9-7-11-30(64-3)34(23)42(37)57/h5-13,20,29,31,33,39,52,54,56,58,63H,4,14-19H2,1-3H3,(H,61,62)/t20-,29-,31-,33-,39+,47-,48-/m0/s1. The van der Waals surface area contributed by atoms with Crippen molar-refractivity contribution < 1.29 is 73.6 Å². The largest absolute Gasteiger partial charge is 0.507 e. The number of ether oxygens (including phenoxy) is 4. The molecule has 1 saturated heterocycles. The molecule has 0 saturated carbocycles. The Hall–Kier alpha value is -7.03. The number of aliphatic hydroxyl groups is 3. The summed E-state index contributed by atoms with van der Waals surface area (Å²) in [7, 11) is 1.28. The summed E-state index contributed by atoms with van der Waals surface area (Å²) in [5.41, 5.74) is -5.23. The summed E-state index contributed by atoms with van der Waals surface area (Å²) in [6.45, 7) is 1.47. The summed E-state index contributed by atoms with van der Waals surface area (Å²) in [6, 6.07) is 13.5. The zero-order valence-corrected chi connectivity index (χ0v) is 36.1. The predicted molar refractivity (Wildman–Crippen MR) is 230 cm³/mol. The Morgan fingerprint density at radius 2 is 1.73 bits per heavy atom. The summed E-state index contributed by atoms with van der Waals surface area (Å²) < 4.78 is 25.0. The van der Waals surface area contributed by atoms with Gasteiger partial charge >= 0.3 is 12.1 Å². The summed E-state index contributed by atoms with van der Waals surface area (Å²) in [5.74, 6) is -5.57.